The van der Waals surface area contributed by atoms with E-state index in [1.807, 2.05) is 37.5 Å². The number of aryl methyl sites for hydroxylation is 2. The third kappa shape index (κ3) is 2.06. The number of nitrogens with zero attached hydrogens (tertiary/aromatic N) is 4. The summed E-state index contributed by atoms with van der Waals surface area (Å²) in [5.41, 5.74) is 3.20. The van der Waals surface area contributed by atoms with Crippen molar-refractivity contribution in [2.24, 2.45) is 7.05 Å². The van der Waals surface area contributed by atoms with Crippen LogP contribution in [0, 0.1) is 0 Å². The maximum absolute atomic E-state index is 4.48. The van der Waals surface area contributed by atoms with Crippen molar-refractivity contribution < 1.29 is 0 Å². The SMILES string of the molecule is CCc1nn(C)cc1-n1cncc1C(C)(C)NC. The van der Waals surface area contributed by atoms with Crippen LogP contribution in [0.15, 0.2) is 18.7 Å². The number of imidazole rings is 1. The van der Waals surface area contributed by atoms with E-state index in [0.29, 0.717) is 0 Å². The average Bonchev–Trinajstić information content (AvgIpc) is 2.94. The molecule has 0 aliphatic carbocycles. The second kappa shape index (κ2) is 4.57. The number of hydrogen-bond acceptors (Lipinski definition) is 3. The smallest absolute Gasteiger partial charge is 0.0995 e. The van der Waals surface area contributed by atoms with E-state index in [-0.39, 0.29) is 5.54 Å². The quantitative estimate of drug-likeness (QED) is 0.893. The van der Waals surface area contributed by atoms with Gasteiger partial charge in [0.2, 0.25) is 0 Å². The van der Waals surface area contributed by atoms with Crippen molar-refractivity contribution in [2.45, 2.75) is 32.7 Å². The van der Waals surface area contributed by atoms with Gasteiger partial charge in [0.25, 0.3) is 0 Å². The first-order chi connectivity index (χ1) is 8.49. The Kier molecular flexibility index (Phi) is 3.26. The summed E-state index contributed by atoms with van der Waals surface area (Å²) in [7, 11) is 3.91. The van der Waals surface area contributed by atoms with Crippen molar-refractivity contribution in [1.29, 1.82) is 0 Å². The molecule has 2 aromatic rings. The average molecular weight is 247 g/mol. The van der Waals surface area contributed by atoms with Gasteiger partial charge in [-0.3, -0.25) is 9.25 Å². The Labute approximate surface area is 108 Å². The molecule has 0 saturated carbocycles. The van der Waals surface area contributed by atoms with Crippen LogP contribution < -0.4 is 5.32 Å². The van der Waals surface area contributed by atoms with Gasteiger partial charge in [-0.1, -0.05) is 6.92 Å². The summed E-state index contributed by atoms with van der Waals surface area (Å²) in [5, 5.41) is 7.79. The zero-order valence-corrected chi connectivity index (χ0v) is 11.7. The Morgan fingerprint density at radius 3 is 2.72 bits per heavy atom. The van der Waals surface area contributed by atoms with Crippen molar-refractivity contribution in [2.75, 3.05) is 7.05 Å². The van der Waals surface area contributed by atoms with E-state index >= 15 is 0 Å². The summed E-state index contributed by atoms with van der Waals surface area (Å²) in [6.07, 6.45) is 6.71. The molecule has 2 rings (SSSR count). The highest BCUT2D eigenvalue weighted by Gasteiger charge is 2.24. The molecule has 0 spiro atoms. The molecule has 18 heavy (non-hydrogen) atoms. The first-order valence-electron chi connectivity index (χ1n) is 6.24. The van der Waals surface area contributed by atoms with Crippen LogP contribution in [0.25, 0.3) is 5.69 Å². The lowest BCUT2D eigenvalue weighted by molar-refractivity contribution is 0.424. The minimum absolute atomic E-state index is 0.128. The maximum atomic E-state index is 4.48. The van der Waals surface area contributed by atoms with E-state index in [1.54, 1.807) is 0 Å². The molecule has 0 aromatic carbocycles. The molecule has 5 heteroatoms. The second-order valence-electron chi connectivity index (χ2n) is 5.01. The highest BCUT2D eigenvalue weighted by atomic mass is 15.3. The van der Waals surface area contributed by atoms with Gasteiger partial charge in [0.1, 0.15) is 0 Å². The Morgan fingerprint density at radius 1 is 1.39 bits per heavy atom. The molecule has 1 N–H and O–H groups in total. The van der Waals surface area contributed by atoms with Gasteiger partial charge in [0, 0.05) is 13.2 Å². The molecule has 0 radical (unpaired) electrons. The third-order valence-electron chi connectivity index (χ3n) is 3.38. The monoisotopic (exact) mass is 247 g/mol. The van der Waals surface area contributed by atoms with Crippen molar-refractivity contribution in [3.05, 3.63) is 30.1 Å². The summed E-state index contributed by atoms with van der Waals surface area (Å²) < 4.78 is 3.96. The highest BCUT2D eigenvalue weighted by Crippen LogP contribution is 2.24. The fourth-order valence-corrected chi connectivity index (χ4v) is 2.05. The predicted octanol–water partition coefficient (Wildman–Crippen LogP) is 1.62. The van der Waals surface area contributed by atoms with Gasteiger partial charge in [0.15, 0.2) is 0 Å². The van der Waals surface area contributed by atoms with Crippen molar-refractivity contribution in [3.63, 3.8) is 0 Å². The fraction of sp³-hybridized carbons (Fsp3) is 0.538. The summed E-state index contributed by atoms with van der Waals surface area (Å²) in [4.78, 5) is 4.28. The first-order valence-corrected chi connectivity index (χ1v) is 6.24. The molecular weight excluding hydrogens is 226 g/mol. The standard InChI is InChI=1S/C13H21N5/c1-6-10-11(8-17(5)16-10)18-9-15-7-12(18)13(2,3)14-4/h7-9,14H,6H2,1-5H3. The lowest BCUT2D eigenvalue weighted by atomic mass is 10.0. The van der Waals surface area contributed by atoms with E-state index in [4.69, 9.17) is 0 Å². The molecule has 0 aliphatic rings. The Bertz CT molecular complexity index is 535. The van der Waals surface area contributed by atoms with E-state index in [0.717, 1.165) is 23.5 Å². The summed E-state index contributed by atoms with van der Waals surface area (Å²) >= 11 is 0. The Hall–Kier alpha value is -1.62. The van der Waals surface area contributed by atoms with Gasteiger partial charge in [-0.25, -0.2) is 4.98 Å². The van der Waals surface area contributed by atoms with Gasteiger partial charge < -0.3 is 5.32 Å². The van der Waals surface area contributed by atoms with Crippen LogP contribution in [0.3, 0.4) is 0 Å². The van der Waals surface area contributed by atoms with Crippen LogP contribution in [0.1, 0.15) is 32.2 Å². The van der Waals surface area contributed by atoms with Crippen LogP contribution in [0.2, 0.25) is 0 Å². The van der Waals surface area contributed by atoms with Crippen LogP contribution in [-0.4, -0.2) is 26.4 Å². The predicted molar refractivity (Wildman–Crippen MR) is 71.8 cm³/mol. The molecular formula is C13H21N5. The number of aromatic nitrogens is 4. The zero-order chi connectivity index (χ0) is 13.3. The van der Waals surface area contributed by atoms with Crippen molar-refractivity contribution in [1.82, 2.24) is 24.6 Å². The number of nitrogens with one attached hydrogen (secondary N) is 1. The third-order valence-corrected chi connectivity index (χ3v) is 3.38. The molecule has 0 fully saturated rings. The number of rotatable bonds is 4. The Morgan fingerprint density at radius 2 is 2.11 bits per heavy atom. The molecule has 5 nitrogen and oxygen atoms in total. The van der Waals surface area contributed by atoms with Crippen molar-refractivity contribution >= 4 is 0 Å². The van der Waals surface area contributed by atoms with Crippen LogP contribution in [0.4, 0.5) is 0 Å². The van der Waals surface area contributed by atoms with Crippen LogP contribution >= 0.6 is 0 Å². The second-order valence-corrected chi connectivity index (χ2v) is 5.01. The molecule has 0 amide bonds. The fourth-order valence-electron chi connectivity index (χ4n) is 2.05. The van der Waals surface area contributed by atoms with Gasteiger partial charge in [-0.2, -0.15) is 5.10 Å². The molecule has 2 aromatic heterocycles. The maximum Gasteiger partial charge on any atom is 0.0995 e. The van der Waals surface area contributed by atoms with Crippen LogP contribution in [-0.2, 0) is 19.0 Å². The van der Waals surface area contributed by atoms with E-state index in [1.165, 1.54) is 0 Å². The Balaban J connectivity index is 2.55. The summed E-state index contributed by atoms with van der Waals surface area (Å²) in [6, 6.07) is 0. The minimum Gasteiger partial charge on any atom is -0.310 e. The van der Waals surface area contributed by atoms with Crippen molar-refractivity contribution in [3.8, 4) is 5.69 Å². The van der Waals surface area contributed by atoms with E-state index in [2.05, 4.69) is 40.7 Å². The summed E-state index contributed by atoms with van der Waals surface area (Å²) in [5.74, 6) is 0. The van der Waals surface area contributed by atoms with E-state index in [9.17, 15) is 0 Å². The van der Waals surface area contributed by atoms with Gasteiger partial charge >= 0.3 is 0 Å². The largest absolute Gasteiger partial charge is 0.310 e. The van der Waals surface area contributed by atoms with Gasteiger partial charge in [-0.05, 0) is 27.3 Å². The summed E-state index contributed by atoms with van der Waals surface area (Å²) in [6.45, 7) is 6.40. The highest BCUT2D eigenvalue weighted by molar-refractivity contribution is 5.38. The zero-order valence-electron chi connectivity index (χ0n) is 11.7. The molecule has 0 atom stereocenters. The van der Waals surface area contributed by atoms with Crippen LogP contribution in [0.5, 0.6) is 0 Å². The van der Waals surface area contributed by atoms with Gasteiger partial charge in [-0.15, -0.1) is 0 Å². The lowest BCUT2D eigenvalue weighted by Crippen LogP contribution is -2.35. The molecule has 0 bridgehead atoms. The molecule has 98 valence electrons. The molecule has 2 heterocycles. The molecule has 0 unspecified atom stereocenters. The molecule has 0 saturated heterocycles. The van der Waals surface area contributed by atoms with E-state index < -0.39 is 0 Å². The van der Waals surface area contributed by atoms with Gasteiger partial charge in [0.05, 0.1) is 35.1 Å². The lowest BCUT2D eigenvalue weighted by Gasteiger charge is -2.25. The first kappa shape index (κ1) is 12.8. The number of hydrogen-bond donors (Lipinski definition) is 1. The normalized spacial score (nSPS) is 12.1. The molecule has 0 aliphatic heterocycles. The topological polar surface area (TPSA) is 47.7 Å². The minimum atomic E-state index is -0.128.